The van der Waals surface area contributed by atoms with Crippen molar-refractivity contribution in [3.63, 3.8) is 0 Å². The molecule has 0 aliphatic rings. The van der Waals surface area contributed by atoms with Gasteiger partial charge in [0.1, 0.15) is 0 Å². The molecule has 0 saturated heterocycles. The van der Waals surface area contributed by atoms with Crippen LogP contribution in [-0.4, -0.2) is 22.8 Å². The normalized spacial score (nSPS) is 12.5. The molecular formula is H5N3O4S. The summed E-state index contributed by atoms with van der Waals surface area (Å²) in [4.78, 5) is 0. The first-order valence-corrected chi connectivity index (χ1v) is 2.81. The maximum Gasteiger partial charge on any atom is 0.373 e. The van der Waals surface area contributed by atoms with E-state index in [9.17, 15) is 8.42 Å². The van der Waals surface area contributed by atoms with Gasteiger partial charge in [-0.3, -0.25) is 15.6 Å². The number of nitrogens with zero attached hydrogens (tertiary/aromatic N) is 1. The molecule has 0 bridgehead atoms. The maximum atomic E-state index is 9.65. The molecule has 0 fully saturated rings. The molecule has 0 aromatic carbocycles. The fourth-order valence-electron chi connectivity index (χ4n) is 0.0666. The number of hydrogen-bond donors (Lipinski definition) is 4. The number of hydrazine groups is 2. The van der Waals surface area contributed by atoms with Crippen molar-refractivity contribution in [1.29, 1.82) is 0 Å². The third-order valence-corrected chi connectivity index (χ3v) is 0.871. The van der Waals surface area contributed by atoms with Gasteiger partial charge in [-0.2, -0.15) is 14.0 Å². The average molecular weight is 143 g/mol. The van der Waals surface area contributed by atoms with Crippen molar-refractivity contribution in [2.45, 2.75) is 0 Å². The minimum atomic E-state index is -4.60. The number of nitrogens with one attached hydrogen (secondary N) is 1. The molecule has 0 amide bonds. The Morgan fingerprint density at radius 3 is 2.00 bits per heavy atom. The lowest BCUT2D eigenvalue weighted by Crippen LogP contribution is -2.43. The van der Waals surface area contributed by atoms with Crippen LogP contribution in [0.15, 0.2) is 0 Å². The fourth-order valence-corrected chi connectivity index (χ4v) is 0.200. The molecule has 0 spiro atoms. The molecule has 0 radical (unpaired) electrons. The highest BCUT2D eigenvalue weighted by atomic mass is 32.2. The van der Waals surface area contributed by atoms with Gasteiger partial charge in [0.2, 0.25) is 0 Å². The molecule has 0 rings (SSSR count). The molecule has 0 aromatic heterocycles. The van der Waals surface area contributed by atoms with E-state index in [0.717, 1.165) is 0 Å². The zero-order valence-corrected chi connectivity index (χ0v) is 4.46. The van der Waals surface area contributed by atoms with Crippen LogP contribution >= 0.6 is 0 Å². The quantitative estimate of drug-likeness (QED) is 0.199. The molecule has 8 heavy (non-hydrogen) atoms. The Morgan fingerprint density at radius 2 is 2.00 bits per heavy atom. The molecule has 0 saturated carbocycles. The smallest absolute Gasteiger partial charge is 0.283 e. The van der Waals surface area contributed by atoms with E-state index in [0.29, 0.717) is 0 Å². The molecule has 0 atom stereocenters. The first-order chi connectivity index (χ1) is 3.48. The van der Waals surface area contributed by atoms with Gasteiger partial charge in [-0.25, -0.2) is 0 Å². The van der Waals surface area contributed by atoms with Crippen LogP contribution < -0.4 is 11.4 Å². The Kier molecular flexibility index (Phi) is 2.27. The van der Waals surface area contributed by atoms with Gasteiger partial charge < -0.3 is 0 Å². The predicted octanol–water partition coefficient (Wildman–Crippen LogP) is -2.14. The second-order valence-electron chi connectivity index (χ2n) is 0.850. The largest absolute Gasteiger partial charge is 0.373 e. The van der Waals surface area contributed by atoms with Crippen LogP contribution in [0.3, 0.4) is 0 Å². The maximum absolute atomic E-state index is 9.65. The molecule has 50 valence electrons. The summed E-state index contributed by atoms with van der Waals surface area (Å²) < 4.78 is 26.5. The topological polar surface area (TPSA) is 116 Å². The minimum Gasteiger partial charge on any atom is -0.283 e. The van der Waals surface area contributed by atoms with E-state index in [1.807, 2.05) is 0 Å². The van der Waals surface area contributed by atoms with Gasteiger partial charge in [0.05, 0.1) is 0 Å². The summed E-state index contributed by atoms with van der Waals surface area (Å²) in [7, 11) is -4.60. The molecule has 0 aliphatic heterocycles. The van der Waals surface area contributed by atoms with E-state index in [2.05, 4.69) is 5.84 Å². The van der Waals surface area contributed by atoms with Gasteiger partial charge in [-0.1, -0.05) is 0 Å². The van der Waals surface area contributed by atoms with Gasteiger partial charge in [-0.05, 0) is 0 Å². The second-order valence-corrected chi connectivity index (χ2v) is 2.09. The van der Waals surface area contributed by atoms with Crippen LogP contribution in [0.1, 0.15) is 0 Å². The summed E-state index contributed by atoms with van der Waals surface area (Å²) in [6, 6.07) is 0. The second kappa shape index (κ2) is 2.35. The Bertz CT molecular complexity index is 147. The van der Waals surface area contributed by atoms with Crippen LogP contribution in [-0.2, 0) is 10.3 Å². The monoisotopic (exact) mass is 143 g/mol. The highest BCUT2D eigenvalue weighted by Gasteiger charge is 2.12. The summed E-state index contributed by atoms with van der Waals surface area (Å²) in [5.41, 5.74) is 1.26. The van der Waals surface area contributed by atoms with Gasteiger partial charge in [0, 0.05) is 4.58 Å². The highest BCUT2D eigenvalue weighted by molar-refractivity contribution is 7.83. The summed E-state index contributed by atoms with van der Waals surface area (Å²) in [6.07, 6.45) is 0. The van der Waals surface area contributed by atoms with Gasteiger partial charge in [0.25, 0.3) is 0 Å². The van der Waals surface area contributed by atoms with Gasteiger partial charge >= 0.3 is 10.3 Å². The van der Waals surface area contributed by atoms with Gasteiger partial charge in [0.15, 0.2) is 0 Å². The molecule has 0 aromatic rings. The van der Waals surface area contributed by atoms with E-state index in [1.54, 1.807) is 0 Å². The zero-order valence-electron chi connectivity index (χ0n) is 3.64. The van der Waals surface area contributed by atoms with Crippen molar-refractivity contribution in [3.05, 3.63) is 0 Å². The van der Waals surface area contributed by atoms with Crippen LogP contribution in [0, 0.1) is 0 Å². The molecule has 8 heteroatoms. The van der Waals surface area contributed by atoms with Crippen LogP contribution in [0.4, 0.5) is 0 Å². The summed E-state index contributed by atoms with van der Waals surface area (Å²) in [6.45, 7) is 0. The van der Waals surface area contributed by atoms with Crippen molar-refractivity contribution in [2.24, 2.45) is 5.84 Å². The van der Waals surface area contributed by atoms with E-state index in [-0.39, 0.29) is 0 Å². The number of hydrogen-bond acceptors (Lipinski definition) is 5. The van der Waals surface area contributed by atoms with E-state index in [4.69, 9.17) is 9.76 Å². The average Bonchev–Trinajstić information content (AvgIpc) is 1.62. The Labute approximate surface area is 45.5 Å². The third-order valence-electron chi connectivity index (χ3n) is 0.329. The predicted molar refractivity (Wildman–Crippen MR) is 22.5 cm³/mol. The summed E-state index contributed by atoms with van der Waals surface area (Å²) >= 11 is 0. The standard InChI is InChI=1S/H5N3O4S/c1-2-3(4)8(5,6)7/h2,4H,1H2,(H,5,6,7). The fraction of sp³-hybridized carbons (Fsp3) is 0. The highest BCUT2D eigenvalue weighted by Crippen LogP contribution is 1.80. The van der Waals surface area contributed by atoms with E-state index in [1.165, 1.54) is 5.53 Å². The summed E-state index contributed by atoms with van der Waals surface area (Å²) in [5.74, 6) is 4.34. The first kappa shape index (κ1) is 7.75. The first-order valence-electron chi connectivity index (χ1n) is 1.41. The van der Waals surface area contributed by atoms with Gasteiger partial charge in [-0.15, -0.1) is 0 Å². The lowest BCUT2D eigenvalue weighted by atomic mass is 12.5. The van der Waals surface area contributed by atoms with Crippen molar-refractivity contribution < 1.29 is 18.2 Å². The zero-order chi connectivity index (χ0) is 6.78. The van der Waals surface area contributed by atoms with Crippen molar-refractivity contribution >= 4 is 10.3 Å². The van der Waals surface area contributed by atoms with Crippen LogP contribution in [0.2, 0.25) is 0 Å². The number of rotatable bonds is 2. The molecule has 5 N–H and O–H groups in total. The Balaban J connectivity index is 4.04. The Morgan fingerprint density at radius 1 is 1.62 bits per heavy atom. The molecule has 0 unspecified atom stereocenters. The lowest BCUT2D eigenvalue weighted by Gasteiger charge is -2.05. The Hall–Kier alpha value is -0.250. The van der Waals surface area contributed by atoms with Crippen molar-refractivity contribution in [2.75, 3.05) is 0 Å². The number of nitrogens with two attached hydrogens (primary N) is 1. The van der Waals surface area contributed by atoms with Crippen LogP contribution in [0.25, 0.3) is 0 Å². The lowest BCUT2D eigenvalue weighted by molar-refractivity contribution is -0.0536. The molecular weight excluding hydrogens is 138 g/mol. The minimum absolute atomic E-state index is 0.632. The van der Waals surface area contributed by atoms with E-state index >= 15 is 0 Å². The molecule has 0 heterocycles. The molecule has 7 nitrogen and oxygen atoms in total. The van der Waals surface area contributed by atoms with Crippen molar-refractivity contribution in [1.82, 2.24) is 10.1 Å². The summed E-state index contributed by atoms with van der Waals surface area (Å²) in [5, 5.41) is 7.95. The SMILES string of the molecule is NNN(O)S(=O)(=O)O. The molecule has 0 aliphatic carbocycles. The van der Waals surface area contributed by atoms with Crippen molar-refractivity contribution in [3.8, 4) is 0 Å². The van der Waals surface area contributed by atoms with E-state index < -0.39 is 14.9 Å². The van der Waals surface area contributed by atoms with Crippen LogP contribution in [0.5, 0.6) is 0 Å². The third kappa shape index (κ3) is 2.16.